The van der Waals surface area contributed by atoms with Crippen LogP contribution >= 0.6 is 22.9 Å². The smallest absolute Gasteiger partial charge is 0.323 e. The number of hydrogen-bond acceptors (Lipinski definition) is 6. The molecule has 108 valence electrons. The number of aromatic nitrogens is 2. The first-order valence-corrected chi connectivity index (χ1v) is 7.95. The van der Waals surface area contributed by atoms with Crippen LogP contribution in [0.5, 0.6) is 0 Å². The molecule has 1 N–H and O–H groups in total. The van der Waals surface area contributed by atoms with Crippen molar-refractivity contribution >= 4 is 44.1 Å². The van der Waals surface area contributed by atoms with Crippen LogP contribution in [0.1, 0.15) is 0 Å². The van der Waals surface area contributed by atoms with Crippen LogP contribution in [0, 0.1) is 0 Å². The number of alkyl halides is 1. The molecule has 19 heavy (non-hydrogen) atoms. The topological polar surface area (TPSA) is 95.5 Å². The van der Waals surface area contributed by atoms with Gasteiger partial charge in [-0.25, -0.2) is 13.2 Å². The molecule has 0 aliphatic carbocycles. The lowest BCUT2D eigenvalue weighted by molar-refractivity contribution is 0.249. The third kappa shape index (κ3) is 3.53. The number of halogens is 1. The fourth-order valence-electron chi connectivity index (χ4n) is 1.07. The Balaban J connectivity index is 3.00. The summed E-state index contributed by atoms with van der Waals surface area (Å²) in [5, 5.41) is 9.89. The number of carbonyl (C=O) groups excluding carboxylic acids is 1. The number of rotatable bonds is 5. The van der Waals surface area contributed by atoms with Crippen molar-refractivity contribution in [3.05, 3.63) is 0 Å². The van der Waals surface area contributed by atoms with E-state index in [4.69, 9.17) is 11.6 Å². The second kappa shape index (κ2) is 6.46. The summed E-state index contributed by atoms with van der Waals surface area (Å²) in [6, 6.07) is -0.408. The molecule has 1 aromatic rings. The molecule has 0 spiro atoms. The van der Waals surface area contributed by atoms with E-state index in [9.17, 15) is 13.2 Å². The van der Waals surface area contributed by atoms with Crippen molar-refractivity contribution in [1.29, 1.82) is 0 Å². The van der Waals surface area contributed by atoms with Crippen LogP contribution < -0.4 is 10.2 Å². The Hall–Kier alpha value is -0.970. The van der Waals surface area contributed by atoms with Gasteiger partial charge in [-0.2, -0.15) is 4.31 Å². The van der Waals surface area contributed by atoms with Gasteiger partial charge in [-0.05, 0) is 0 Å². The van der Waals surface area contributed by atoms with Crippen molar-refractivity contribution in [2.45, 2.75) is 4.34 Å². The molecule has 0 saturated heterocycles. The minimum atomic E-state index is -3.71. The van der Waals surface area contributed by atoms with Gasteiger partial charge in [-0.3, -0.25) is 4.90 Å². The van der Waals surface area contributed by atoms with E-state index in [1.54, 1.807) is 0 Å². The fourth-order valence-corrected chi connectivity index (χ4v) is 3.73. The largest absolute Gasteiger partial charge is 0.341 e. The molecule has 0 bridgehead atoms. The summed E-state index contributed by atoms with van der Waals surface area (Å²) in [7, 11) is 0.628. The Kier molecular flexibility index (Phi) is 5.47. The van der Waals surface area contributed by atoms with E-state index < -0.39 is 16.1 Å². The van der Waals surface area contributed by atoms with Crippen molar-refractivity contribution in [2.75, 3.05) is 38.5 Å². The minimum Gasteiger partial charge on any atom is -0.341 e. The molecule has 0 unspecified atom stereocenters. The number of urea groups is 1. The van der Waals surface area contributed by atoms with Crippen molar-refractivity contribution in [1.82, 2.24) is 19.8 Å². The van der Waals surface area contributed by atoms with Crippen LogP contribution in [0.25, 0.3) is 0 Å². The number of carbonyl (C=O) groups is 1. The van der Waals surface area contributed by atoms with E-state index in [2.05, 4.69) is 15.5 Å². The molecule has 1 aromatic heterocycles. The molecular formula is C8H14ClN5O3S2. The number of nitrogens with one attached hydrogen (secondary N) is 1. The summed E-state index contributed by atoms with van der Waals surface area (Å²) in [4.78, 5) is 12.6. The highest BCUT2D eigenvalue weighted by Gasteiger charge is 2.26. The minimum absolute atomic E-state index is 0.171. The maximum atomic E-state index is 12.1. The number of nitrogens with zero attached hydrogens (tertiary/aromatic N) is 4. The second-order valence-electron chi connectivity index (χ2n) is 3.48. The van der Waals surface area contributed by atoms with E-state index in [0.29, 0.717) is 0 Å². The Labute approximate surface area is 120 Å². The molecule has 0 aliphatic rings. The first-order chi connectivity index (χ1) is 8.84. The van der Waals surface area contributed by atoms with Gasteiger partial charge < -0.3 is 5.32 Å². The molecule has 0 saturated carbocycles. The zero-order valence-corrected chi connectivity index (χ0v) is 13.0. The van der Waals surface area contributed by atoms with Gasteiger partial charge in [0.1, 0.15) is 0 Å². The number of hydrogen-bond donors (Lipinski definition) is 1. The summed E-state index contributed by atoms with van der Waals surface area (Å²) >= 11 is 6.32. The van der Waals surface area contributed by atoms with Crippen molar-refractivity contribution in [3.8, 4) is 0 Å². The molecule has 2 amide bonds. The van der Waals surface area contributed by atoms with Gasteiger partial charge in [-0.15, -0.1) is 21.8 Å². The third-order valence-electron chi connectivity index (χ3n) is 2.23. The van der Waals surface area contributed by atoms with Crippen LogP contribution in [0.15, 0.2) is 4.34 Å². The highest BCUT2D eigenvalue weighted by atomic mass is 35.5. The lowest BCUT2D eigenvalue weighted by Crippen LogP contribution is -2.34. The van der Waals surface area contributed by atoms with E-state index in [1.807, 2.05) is 0 Å². The van der Waals surface area contributed by atoms with E-state index in [-0.39, 0.29) is 21.9 Å². The molecule has 8 nitrogen and oxygen atoms in total. The van der Waals surface area contributed by atoms with Crippen LogP contribution in [0.3, 0.4) is 0 Å². The van der Waals surface area contributed by atoms with Crippen LogP contribution in [0.4, 0.5) is 9.93 Å². The van der Waals surface area contributed by atoms with Crippen molar-refractivity contribution < 1.29 is 13.2 Å². The zero-order valence-electron chi connectivity index (χ0n) is 10.6. The number of anilines is 1. The average Bonchev–Trinajstić information content (AvgIpc) is 2.87. The molecule has 0 aliphatic heterocycles. The standard InChI is InChI=1S/C8H14ClN5O3S2/c1-10-6(15)14(3)7-11-12-8(18-7)19(16,17)13(2)5-4-9/h4-5H2,1-3H3,(H,10,15). The summed E-state index contributed by atoms with van der Waals surface area (Å²) in [5.41, 5.74) is 0. The first-order valence-electron chi connectivity index (χ1n) is 5.15. The highest BCUT2D eigenvalue weighted by molar-refractivity contribution is 7.91. The van der Waals surface area contributed by atoms with Gasteiger partial charge in [-0.1, -0.05) is 11.3 Å². The molecule has 1 heterocycles. The van der Waals surface area contributed by atoms with Gasteiger partial charge in [0, 0.05) is 33.6 Å². The van der Waals surface area contributed by atoms with Crippen LogP contribution in [-0.4, -0.2) is 62.5 Å². The SMILES string of the molecule is CNC(=O)N(C)c1nnc(S(=O)(=O)N(C)CCCl)s1. The predicted octanol–water partition coefficient (Wildman–Crippen LogP) is 0.173. The van der Waals surface area contributed by atoms with Gasteiger partial charge in [0.2, 0.25) is 9.47 Å². The molecule has 11 heteroatoms. The molecular weight excluding hydrogens is 314 g/mol. The Morgan fingerprint density at radius 3 is 2.58 bits per heavy atom. The quantitative estimate of drug-likeness (QED) is 0.614. The van der Waals surface area contributed by atoms with Gasteiger partial charge in [0.25, 0.3) is 10.0 Å². The normalized spacial score (nSPS) is 11.6. The molecule has 0 radical (unpaired) electrons. The van der Waals surface area contributed by atoms with E-state index >= 15 is 0 Å². The fraction of sp³-hybridized carbons (Fsp3) is 0.625. The number of sulfonamides is 1. The second-order valence-corrected chi connectivity index (χ2v) is 7.03. The summed E-state index contributed by atoms with van der Waals surface area (Å²) in [6.07, 6.45) is 0. The monoisotopic (exact) mass is 327 g/mol. The molecule has 0 fully saturated rings. The molecule has 1 rings (SSSR count). The summed E-state index contributed by atoms with van der Waals surface area (Å²) in [5.74, 6) is 0.180. The van der Waals surface area contributed by atoms with Crippen LogP contribution in [0.2, 0.25) is 0 Å². The predicted molar refractivity (Wildman–Crippen MR) is 73.3 cm³/mol. The van der Waals surface area contributed by atoms with Gasteiger partial charge in [0.15, 0.2) is 0 Å². The Morgan fingerprint density at radius 2 is 2.05 bits per heavy atom. The lowest BCUT2D eigenvalue weighted by atomic mass is 10.8. The Bertz CT molecular complexity index is 546. The number of amides is 2. The zero-order chi connectivity index (χ0) is 14.6. The molecule has 0 atom stereocenters. The van der Waals surface area contributed by atoms with Crippen LogP contribution in [-0.2, 0) is 10.0 Å². The van der Waals surface area contributed by atoms with E-state index in [1.165, 1.54) is 26.0 Å². The summed E-state index contributed by atoms with van der Waals surface area (Å²) in [6.45, 7) is 0.171. The summed E-state index contributed by atoms with van der Waals surface area (Å²) < 4.78 is 25.0. The first kappa shape index (κ1) is 16.1. The molecule has 0 aromatic carbocycles. The van der Waals surface area contributed by atoms with Crippen molar-refractivity contribution in [3.63, 3.8) is 0 Å². The van der Waals surface area contributed by atoms with E-state index in [0.717, 1.165) is 15.6 Å². The third-order valence-corrected chi connectivity index (χ3v) is 5.60. The Morgan fingerprint density at radius 1 is 1.42 bits per heavy atom. The maximum Gasteiger partial charge on any atom is 0.323 e. The van der Waals surface area contributed by atoms with Gasteiger partial charge >= 0.3 is 6.03 Å². The average molecular weight is 328 g/mol. The van der Waals surface area contributed by atoms with Gasteiger partial charge in [0.05, 0.1) is 0 Å². The van der Waals surface area contributed by atoms with Crippen molar-refractivity contribution in [2.24, 2.45) is 0 Å². The highest BCUT2D eigenvalue weighted by Crippen LogP contribution is 2.24. The maximum absolute atomic E-state index is 12.1. The lowest BCUT2D eigenvalue weighted by Gasteiger charge is -2.13.